The standard InChI is InChI=1S/C18H20N6OS/c1-14-7-3-4-8-15(14)17-21-22-18(23(17)2)26-13-16(25)24(11-5-9-19)12-6-10-20/h3-4,7-8H,5-6,11-13H2,1-2H3. The van der Waals surface area contributed by atoms with Crippen molar-refractivity contribution in [3.63, 3.8) is 0 Å². The molecule has 0 saturated carbocycles. The largest absolute Gasteiger partial charge is 0.340 e. The summed E-state index contributed by atoms with van der Waals surface area (Å²) in [6.07, 6.45) is 0.506. The van der Waals surface area contributed by atoms with Crippen LogP contribution in [-0.2, 0) is 11.8 Å². The highest BCUT2D eigenvalue weighted by molar-refractivity contribution is 7.99. The average Bonchev–Trinajstić information content (AvgIpc) is 3.00. The van der Waals surface area contributed by atoms with Gasteiger partial charge in [0.1, 0.15) is 0 Å². The lowest BCUT2D eigenvalue weighted by molar-refractivity contribution is -0.128. The van der Waals surface area contributed by atoms with Crippen LogP contribution in [-0.4, -0.2) is 44.4 Å². The van der Waals surface area contributed by atoms with Crippen molar-refractivity contribution in [2.75, 3.05) is 18.8 Å². The molecule has 1 aromatic carbocycles. The van der Waals surface area contributed by atoms with Crippen molar-refractivity contribution in [3.05, 3.63) is 29.8 Å². The molecule has 0 aliphatic carbocycles. The van der Waals surface area contributed by atoms with Crippen LogP contribution < -0.4 is 0 Å². The second-order valence-electron chi connectivity index (χ2n) is 5.67. The summed E-state index contributed by atoms with van der Waals surface area (Å²) in [6.45, 7) is 2.69. The van der Waals surface area contributed by atoms with Gasteiger partial charge in [0.2, 0.25) is 5.91 Å². The van der Waals surface area contributed by atoms with Gasteiger partial charge in [0.05, 0.1) is 30.7 Å². The summed E-state index contributed by atoms with van der Waals surface area (Å²) < 4.78 is 1.87. The third kappa shape index (κ3) is 4.84. The van der Waals surface area contributed by atoms with Crippen LogP contribution in [0.1, 0.15) is 18.4 Å². The van der Waals surface area contributed by atoms with E-state index in [1.165, 1.54) is 11.8 Å². The lowest BCUT2D eigenvalue weighted by atomic mass is 10.1. The molecule has 0 atom stereocenters. The monoisotopic (exact) mass is 368 g/mol. The van der Waals surface area contributed by atoms with Crippen molar-refractivity contribution < 1.29 is 4.79 Å². The van der Waals surface area contributed by atoms with E-state index in [0.29, 0.717) is 18.2 Å². The molecule has 2 aromatic rings. The minimum atomic E-state index is -0.110. The lowest BCUT2D eigenvalue weighted by Crippen LogP contribution is -2.34. The maximum Gasteiger partial charge on any atom is 0.233 e. The number of hydrogen-bond donors (Lipinski definition) is 0. The first-order valence-corrected chi connectivity index (χ1v) is 9.17. The quantitative estimate of drug-likeness (QED) is 0.664. The molecule has 8 heteroatoms. The molecule has 2 rings (SSSR count). The van der Waals surface area contributed by atoms with Crippen molar-refractivity contribution in [2.45, 2.75) is 24.9 Å². The molecule has 26 heavy (non-hydrogen) atoms. The number of benzene rings is 1. The smallest absolute Gasteiger partial charge is 0.233 e. The van der Waals surface area contributed by atoms with Gasteiger partial charge in [-0.3, -0.25) is 4.79 Å². The highest BCUT2D eigenvalue weighted by atomic mass is 32.2. The fourth-order valence-corrected chi connectivity index (χ4v) is 3.26. The number of aryl methyl sites for hydroxylation is 1. The molecule has 134 valence electrons. The number of nitriles is 2. The third-order valence-electron chi connectivity index (χ3n) is 3.89. The van der Waals surface area contributed by atoms with Gasteiger partial charge in [-0.15, -0.1) is 10.2 Å². The molecule has 0 radical (unpaired) electrons. The van der Waals surface area contributed by atoms with E-state index in [-0.39, 0.29) is 24.5 Å². The fraction of sp³-hybridized carbons (Fsp3) is 0.389. The number of amides is 1. The molecule has 7 nitrogen and oxygen atoms in total. The van der Waals surface area contributed by atoms with Gasteiger partial charge < -0.3 is 9.47 Å². The second-order valence-corrected chi connectivity index (χ2v) is 6.61. The Labute approximate surface area is 157 Å². The van der Waals surface area contributed by atoms with Crippen molar-refractivity contribution in [3.8, 4) is 23.5 Å². The number of rotatable bonds is 8. The van der Waals surface area contributed by atoms with E-state index in [1.54, 1.807) is 4.90 Å². The molecular formula is C18H20N6OS. The summed E-state index contributed by atoms with van der Waals surface area (Å²) in [5.41, 5.74) is 2.11. The van der Waals surface area contributed by atoms with Gasteiger partial charge in [-0.25, -0.2) is 0 Å². The van der Waals surface area contributed by atoms with E-state index >= 15 is 0 Å². The van der Waals surface area contributed by atoms with E-state index in [0.717, 1.165) is 17.0 Å². The normalized spacial score (nSPS) is 10.2. The SMILES string of the molecule is Cc1ccccc1-c1nnc(SCC(=O)N(CCC#N)CCC#N)n1C. The number of thioether (sulfide) groups is 1. The lowest BCUT2D eigenvalue weighted by Gasteiger charge is -2.19. The Kier molecular flexibility index (Phi) is 7.19. The predicted octanol–water partition coefficient (Wildman–Crippen LogP) is 2.54. The van der Waals surface area contributed by atoms with Gasteiger partial charge in [-0.1, -0.05) is 36.0 Å². The Balaban J connectivity index is 2.05. The maximum atomic E-state index is 12.4. The molecule has 1 amide bonds. The van der Waals surface area contributed by atoms with Crippen molar-refractivity contribution in [1.29, 1.82) is 10.5 Å². The van der Waals surface area contributed by atoms with Gasteiger partial charge in [-0.2, -0.15) is 10.5 Å². The Morgan fingerprint density at radius 3 is 2.46 bits per heavy atom. The molecule has 0 bridgehead atoms. The Bertz CT molecular complexity index is 830. The minimum Gasteiger partial charge on any atom is -0.340 e. The Hall–Kier alpha value is -2.84. The van der Waals surface area contributed by atoms with Crippen molar-refractivity contribution >= 4 is 17.7 Å². The Morgan fingerprint density at radius 1 is 1.19 bits per heavy atom. The molecule has 0 unspecified atom stereocenters. The molecule has 0 fully saturated rings. The van der Waals surface area contributed by atoms with Gasteiger partial charge in [0.25, 0.3) is 0 Å². The maximum absolute atomic E-state index is 12.4. The summed E-state index contributed by atoms with van der Waals surface area (Å²) in [5, 5.41) is 26.5. The van der Waals surface area contributed by atoms with Crippen LogP contribution in [0.5, 0.6) is 0 Å². The van der Waals surface area contributed by atoms with Crippen LogP contribution in [0.3, 0.4) is 0 Å². The second kappa shape index (κ2) is 9.59. The molecule has 0 N–H and O–H groups in total. The van der Waals surface area contributed by atoms with Gasteiger partial charge in [0.15, 0.2) is 11.0 Å². The molecule has 0 aliphatic heterocycles. The molecule has 0 aliphatic rings. The van der Waals surface area contributed by atoms with Gasteiger partial charge >= 0.3 is 0 Å². The number of nitrogens with zero attached hydrogens (tertiary/aromatic N) is 6. The average molecular weight is 368 g/mol. The van der Waals surface area contributed by atoms with E-state index in [4.69, 9.17) is 10.5 Å². The highest BCUT2D eigenvalue weighted by Gasteiger charge is 2.17. The summed E-state index contributed by atoms with van der Waals surface area (Å²) in [4.78, 5) is 14.0. The van der Waals surface area contributed by atoms with E-state index in [9.17, 15) is 4.79 Å². The first kappa shape index (κ1) is 19.5. The van der Waals surface area contributed by atoms with Crippen LogP contribution >= 0.6 is 11.8 Å². The topological polar surface area (TPSA) is 98.6 Å². The van der Waals surface area contributed by atoms with Crippen LogP contribution in [0.2, 0.25) is 0 Å². The van der Waals surface area contributed by atoms with Crippen LogP contribution in [0.15, 0.2) is 29.4 Å². The fourth-order valence-electron chi connectivity index (χ4n) is 2.45. The zero-order valence-electron chi connectivity index (χ0n) is 14.8. The third-order valence-corrected chi connectivity index (χ3v) is 4.89. The number of carbonyl (C=O) groups is 1. The summed E-state index contributed by atoms with van der Waals surface area (Å²) in [6, 6.07) is 12.0. The molecule has 0 saturated heterocycles. The summed E-state index contributed by atoms with van der Waals surface area (Å²) in [5.74, 6) is 0.834. The highest BCUT2D eigenvalue weighted by Crippen LogP contribution is 2.25. The summed E-state index contributed by atoms with van der Waals surface area (Å²) in [7, 11) is 1.87. The predicted molar refractivity (Wildman–Crippen MR) is 98.9 cm³/mol. The van der Waals surface area contributed by atoms with Gasteiger partial charge in [-0.05, 0) is 12.5 Å². The van der Waals surface area contributed by atoms with E-state index < -0.39 is 0 Å². The van der Waals surface area contributed by atoms with E-state index in [2.05, 4.69) is 10.2 Å². The zero-order chi connectivity index (χ0) is 18.9. The zero-order valence-corrected chi connectivity index (χ0v) is 15.7. The van der Waals surface area contributed by atoms with Gasteiger partial charge in [0, 0.05) is 25.7 Å². The first-order chi connectivity index (χ1) is 12.6. The minimum absolute atomic E-state index is 0.110. The van der Waals surface area contributed by atoms with Crippen molar-refractivity contribution in [1.82, 2.24) is 19.7 Å². The first-order valence-electron chi connectivity index (χ1n) is 8.18. The number of aromatic nitrogens is 3. The number of carbonyl (C=O) groups excluding carboxylic acids is 1. The van der Waals surface area contributed by atoms with Crippen LogP contribution in [0, 0.1) is 29.6 Å². The van der Waals surface area contributed by atoms with Crippen molar-refractivity contribution in [2.24, 2.45) is 7.05 Å². The van der Waals surface area contributed by atoms with Crippen LogP contribution in [0.4, 0.5) is 0 Å². The Morgan fingerprint density at radius 2 is 1.85 bits per heavy atom. The molecule has 1 heterocycles. The van der Waals surface area contributed by atoms with Crippen LogP contribution in [0.25, 0.3) is 11.4 Å². The molecule has 1 aromatic heterocycles. The molecule has 0 spiro atoms. The van der Waals surface area contributed by atoms with E-state index in [1.807, 2.05) is 54.9 Å². The number of hydrogen-bond acceptors (Lipinski definition) is 6. The molecular weight excluding hydrogens is 348 g/mol. The summed E-state index contributed by atoms with van der Waals surface area (Å²) >= 11 is 1.30.